The molecule has 1 heterocycles. The highest BCUT2D eigenvalue weighted by molar-refractivity contribution is 5.84. The van der Waals surface area contributed by atoms with Crippen molar-refractivity contribution in [2.75, 3.05) is 19.8 Å². The number of nitrogens with zero attached hydrogens (tertiary/aromatic N) is 1. The van der Waals surface area contributed by atoms with E-state index in [-0.39, 0.29) is 12.5 Å². The summed E-state index contributed by atoms with van der Waals surface area (Å²) in [5, 5.41) is 3.89. The first-order valence-corrected chi connectivity index (χ1v) is 9.07. The van der Waals surface area contributed by atoms with Crippen LogP contribution >= 0.6 is 0 Å². The number of aryl methyl sites for hydroxylation is 2. The maximum absolute atomic E-state index is 11.9. The minimum absolute atomic E-state index is 0.0105. The van der Waals surface area contributed by atoms with E-state index in [4.69, 9.17) is 9.47 Å². The van der Waals surface area contributed by atoms with Crippen molar-refractivity contribution in [3.05, 3.63) is 65.9 Å². The highest BCUT2D eigenvalue weighted by Gasteiger charge is 2.05. The Labute approximate surface area is 159 Å². The lowest BCUT2D eigenvalue weighted by Gasteiger charge is -2.10. The van der Waals surface area contributed by atoms with Crippen LogP contribution in [0, 0.1) is 13.8 Å². The quantitative estimate of drug-likeness (QED) is 0.618. The molecule has 0 spiro atoms. The zero-order chi connectivity index (χ0) is 19.1. The van der Waals surface area contributed by atoms with Crippen molar-refractivity contribution in [2.24, 2.45) is 0 Å². The number of carbonyl (C=O) groups excluding carboxylic acids is 1. The van der Waals surface area contributed by atoms with Crippen molar-refractivity contribution in [3.8, 4) is 11.5 Å². The van der Waals surface area contributed by atoms with Crippen LogP contribution in [0.1, 0.15) is 17.5 Å². The van der Waals surface area contributed by atoms with Crippen LogP contribution in [0.3, 0.4) is 0 Å². The Bertz CT molecular complexity index is 919. The number of rotatable bonds is 8. The van der Waals surface area contributed by atoms with Gasteiger partial charge in [-0.1, -0.05) is 24.3 Å². The standard InChI is InChI=1S/C22H24N2O3/c1-16-9-10-19(14-17(16)2)27-15-21(25)23-12-5-13-26-20-8-3-6-18-7-4-11-24-22(18)20/h3-4,6-11,14H,5,12-13,15H2,1-2H3,(H,23,25). The predicted molar refractivity (Wildman–Crippen MR) is 106 cm³/mol. The number of carbonyl (C=O) groups is 1. The number of ether oxygens (including phenoxy) is 2. The lowest BCUT2D eigenvalue weighted by molar-refractivity contribution is -0.123. The van der Waals surface area contributed by atoms with Crippen molar-refractivity contribution in [1.29, 1.82) is 0 Å². The maximum Gasteiger partial charge on any atom is 0.257 e. The summed E-state index contributed by atoms with van der Waals surface area (Å²) in [7, 11) is 0. The van der Waals surface area contributed by atoms with Gasteiger partial charge in [0.15, 0.2) is 6.61 Å². The number of hydrogen-bond acceptors (Lipinski definition) is 4. The fraction of sp³-hybridized carbons (Fsp3) is 0.273. The number of benzene rings is 2. The first-order chi connectivity index (χ1) is 13.1. The van der Waals surface area contributed by atoms with E-state index in [9.17, 15) is 4.79 Å². The molecule has 0 fully saturated rings. The lowest BCUT2D eigenvalue weighted by Crippen LogP contribution is -2.30. The zero-order valence-electron chi connectivity index (χ0n) is 15.7. The van der Waals surface area contributed by atoms with Crippen LogP contribution in [0.25, 0.3) is 10.9 Å². The SMILES string of the molecule is Cc1ccc(OCC(=O)NCCCOc2cccc3cccnc23)cc1C. The van der Waals surface area contributed by atoms with Crippen LogP contribution in [0.5, 0.6) is 11.5 Å². The third-order valence-corrected chi connectivity index (χ3v) is 4.34. The van der Waals surface area contributed by atoms with Gasteiger partial charge in [0.05, 0.1) is 6.61 Å². The molecule has 0 unspecified atom stereocenters. The summed E-state index contributed by atoms with van der Waals surface area (Å²) < 4.78 is 11.3. The second kappa shape index (κ2) is 9.03. The van der Waals surface area contributed by atoms with Gasteiger partial charge in [0, 0.05) is 18.1 Å². The lowest BCUT2D eigenvalue weighted by atomic mass is 10.1. The normalized spacial score (nSPS) is 10.6. The van der Waals surface area contributed by atoms with Gasteiger partial charge in [0.25, 0.3) is 5.91 Å². The van der Waals surface area contributed by atoms with E-state index >= 15 is 0 Å². The number of pyridine rings is 1. The van der Waals surface area contributed by atoms with Gasteiger partial charge in [-0.3, -0.25) is 9.78 Å². The molecule has 0 radical (unpaired) electrons. The van der Waals surface area contributed by atoms with Crippen LogP contribution < -0.4 is 14.8 Å². The van der Waals surface area contributed by atoms with Gasteiger partial charge in [-0.15, -0.1) is 0 Å². The molecular formula is C22H24N2O3. The monoisotopic (exact) mass is 364 g/mol. The summed E-state index contributed by atoms with van der Waals surface area (Å²) in [6.07, 6.45) is 2.46. The highest BCUT2D eigenvalue weighted by Crippen LogP contribution is 2.22. The molecule has 0 atom stereocenters. The number of amides is 1. The zero-order valence-corrected chi connectivity index (χ0v) is 15.7. The van der Waals surface area contributed by atoms with Gasteiger partial charge in [-0.2, -0.15) is 0 Å². The molecule has 3 aromatic rings. The number of nitrogens with one attached hydrogen (secondary N) is 1. The highest BCUT2D eigenvalue weighted by atomic mass is 16.5. The van der Waals surface area contributed by atoms with Gasteiger partial charge in [0.2, 0.25) is 0 Å². The van der Waals surface area contributed by atoms with Crippen molar-refractivity contribution >= 4 is 16.8 Å². The topological polar surface area (TPSA) is 60.5 Å². The number of para-hydroxylation sites is 1. The van der Waals surface area contributed by atoms with Gasteiger partial charge in [-0.05, 0) is 55.7 Å². The number of hydrogen-bond donors (Lipinski definition) is 1. The molecule has 5 nitrogen and oxygen atoms in total. The van der Waals surface area contributed by atoms with Crippen molar-refractivity contribution in [2.45, 2.75) is 20.3 Å². The van der Waals surface area contributed by atoms with E-state index in [1.165, 1.54) is 5.56 Å². The van der Waals surface area contributed by atoms with Crippen molar-refractivity contribution < 1.29 is 14.3 Å². The van der Waals surface area contributed by atoms with Crippen molar-refractivity contribution in [1.82, 2.24) is 10.3 Å². The second-order valence-corrected chi connectivity index (χ2v) is 6.42. The molecule has 0 saturated heterocycles. The van der Waals surface area contributed by atoms with E-state index in [1.54, 1.807) is 6.20 Å². The number of fused-ring (bicyclic) bond motifs is 1. The van der Waals surface area contributed by atoms with Crippen LogP contribution in [-0.2, 0) is 4.79 Å². The Balaban J connectivity index is 1.37. The van der Waals surface area contributed by atoms with Gasteiger partial charge in [-0.25, -0.2) is 0 Å². The average molecular weight is 364 g/mol. The summed E-state index contributed by atoms with van der Waals surface area (Å²) in [5.74, 6) is 1.33. The largest absolute Gasteiger partial charge is 0.491 e. The van der Waals surface area contributed by atoms with Crippen LogP contribution in [0.2, 0.25) is 0 Å². The molecule has 140 valence electrons. The molecule has 0 aliphatic heterocycles. The van der Waals surface area contributed by atoms with Crippen molar-refractivity contribution in [3.63, 3.8) is 0 Å². The van der Waals surface area contributed by atoms with E-state index in [0.29, 0.717) is 25.3 Å². The Morgan fingerprint density at radius 3 is 2.74 bits per heavy atom. The fourth-order valence-electron chi connectivity index (χ4n) is 2.68. The molecule has 1 aromatic heterocycles. The molecular weight excluding hydrogens is 340 g/mol. The molecule has 0 bridgehead atoms. The summed E-state index contributed by atoms with van der Waals surface area (Å²) >= 11 is 0. The van der Waals surface area contributed by atoms with E-state index in [0.717, 1.165) is 22.2 Å². The minimum atomic E-state index is -0.139. The van der Waals surface area contributed by atoms with Gasteiger partial charge < -0.3 is 14.8 Å². The summed E-state index contributed by atoms with van der Waals surface area (Å²) in [6, 6.07) is 15.6. The van der Waals surface area contributed by atoms with Gasteiger partial charge in [0.1, 0.15) is 17.0 Å². The van der Waals surface area contributed by atoms with E-state index in [1.807, 2.05) is 62.4 Å². The third-order valence-electron chi connectivity index (χ3n) is 4.34. The Kier molecular flexibility index (Phi) is 6.26. The van der Waals surface area contributed by atoms with Gasteiger partial charge >= 0.3 is 0 Å². The Hall–Kier alpha value is -3.08. The molecule has 27 heavy (non-hydrogen) atoms. The van der Waals surface area contributed by atoms with Crippen LogP contribution in [0.15, 0.2) is 54.7 Å². The Morgan fingerprint density at radius 2 is 1.89 bits per heavy atom. The minimum Gasteiger partial charge on any atom is -0.491 e. The molecule has 0 saturated carbocycles. The third kappa shape index (κ3) is 5.20. The molecule has 2 aromatic carbocycles. The van der Waals surface area contributed by atoms with Crippen LogP contribution in [0.4, 0.5) is 0 Å². The summed E-state index contributed by atoms with van der Waals surface area (Å²) in [6.45, 7) is 5.12. The molecule has 0 aliphatic carbocycles. The fourth-order valence-corrected chi connectivity index (χ4v) is 2.68. The van der Waals surface area contributed by atoms with E-state index < -0.39 is 0 Å². The average Bonchev–Trinajstić information content (AvgIpc) is 2.69. The Morgan fingerprint density at radius 1 is 1.04 bits per heavy atom. The molecule has 0 aliphatic rings. The summed E-state index contributed by atoms with van der Waals surface area (Å²) in [4.78, 5) is 16.3. The second-order valence-electron chi connectivity index (χ2n) is 6.42. The maximum atomic E-state index is 11.9. The summed E-state index contributed by atoms with van der Waals surface area (Å²) in [5.41, 5.74) is 3.20. The smallest absolute Gasteiger partial charge is 0.257 e. The first-order valence-electron chi connectivity index (χ1n) is 9.07. The molecule has 3 rings (SSSR count). The number of aromatic nitrogens is 1. The van der Waals surface area contributed by atoms with E-state index in [2.05, 4.69) is 10.3 Å². The molecule has 1 amide bonds. The molecule has 5 heteroatoms. The predicted octanol–water partition coefficient (Wildman–Crippen LogP) is 3.82. The molecule has 1 N–H and O–H groups in total. The first kappa shape index (κ1) is 18.7. The van der Waals surface area contributed by atoms with Crippen LogP contribution in [-0.4, -0.2) is 30.6 Å².